The van der Waals surface area contributed by atoms with Crippen LogP contribution in [0.3, 0.4) is 0 Å². The minimum atomic E-state index is -0.684. The third kappa shape index (κ3) is 5.05. The maximum absolute atomic E-state index is 13.5. The Hall–Kier alpha value is -3.66. The topological polar surface area (TPSA) is 151 Å². The summed E-state index contributed by atoms with van der Waals surface area (Å²) in [6.45, 7) is 4.04. The van der Waals surface area contributed by atoms with Crippen molar-refractivity contribution in [2.75, 3.05) is 16.0 Å². The number of anilines is 2. The van der Waals surface area contributed by atoms with Crippen LogP contribution in [0.25, 0.3) is 0 Å². The van der Waals surface area contributed by atoms with Gasteiger partial charge in [0.15, 0.2) is 10.1 Å². The number of allylic oxidation sites excluding steroid dienone is 3. The quantitative estimate of drug-likeness (QED) is 0.395. The maximum atomic E-state index is 13.5. The number of amides is 1. The van der Waals surface area contributed by atoms with Crippen molar-refractivity contribution in [1.82, 2.24) is 15.2 Å². The number of furan rings is 1. The van der Waals surface area contributed by atoms with E-state index in [9.17, 15) is 14.9 Å². The van der Waals surface area contributed by atoms with Crippen molar-refractivity contribution in [3.8, 4) is 6.07 Å². The Balaban J connectivity index is 1.43. The van der Waals surface area contributed by atoms with Crippen LogP contribution in [0.15, 0.2) is 68.1 Å². The monoisotopic (exact) mass is 567 g/mol. The van der Waals surface area contributed by atoms with Crippen molar-refractivity contribution < 1.29 is 14.0 Å². The van der Waals surface area contributed by atoms with Gasteiger partial charge in [-0.2, -0.15) is 5.26 Å². The zero-order chi connectivity index (χ0) is 27.0. The van der Waals surface area contributed by atoms with Crippen LogP contribution in [-0.2, 0) is 9.59 Å². The van der Waals surface area contributed by atoms with Crippen LogP contribution in [0.5, 0.6) is 0 Å². The number of aromatic nitrogens is 3. The molecule has 0 bridgehead atoms. The van der Waals surface area contributed by atoms with Gasteiger partial charge in [-0.1, -0.05) is 48.5 Å². The van der Waals surface area contributed by atoms with E-state index in [1.807, 2.05) is 13.8 Å². The number of pyridine rings is 1. The van der Waals surface area contributed by atoms with Crippen molar-refractivity contribution in [3.63, 3.8) is 0 Å². The van der Waals surface area contributed by atoms with Crippen molar-refractivity contribution in [1.29, 1.82) is 5.26 Å². The van der Waals surface area contributed by atoms with Gasteiger partial charge in [-0.3, -0.25) is 14.5 Å². The molecule has 3 N–H and O–H groups in total. The molecule has 4 heterocycles. The molecule has 38 heavy (non-hydrogen) atoms. The molecule has 3 aromatic heterocycles. The van der Waals surface area contributed by atoms with Crippen LogP contribution in [0.2, 0.25) is 5.02 Å². The average Bonchev–Trinajstić information content (AvgIpc) is 3.55. The molecule has 1 aliphatic heterocycles. The van der Waals surface area contributed by atoms with Gasteiger partial charge < -0.3 is 15.5 Å². The molecule has 13 heteroatoms. The van der Waals surface area contributed by atoms with E-state index in [-0.39, 0.29) is 34.3 Å². The number of carbonyl (C=O) groups excluding carboxylic acids is 2. The first-order chi connectivity index (χ1) is 18.2. The molecule has 0 spiro atoms. The molecule has 0 aromatic carbocycles. The second-order valence-corrected chi connectivity index (χ2v) is 12.2. The van der Waals surface area contributed by atoms with Gasteiger partial charge in [-0.15, -0.1) is 10.2 Å². The minimum Gasteiger partial charge on any atom is -0.468 e. The smallest absolute Gasteiger partial charge is 0.235 e. The highest BCUT2D eigenvalue weighted by molar-refractivity contribution is 8.01. The third-order valence-corrected chi connectivity index (χ3v) is 8.38. The molecule has 194 valence electrons. The Morgan fingerprint density at radius 3 is 2.87 bits per heavy atom. The highest BCUT2D eigenvalue weighted by atomic mass is 35.5. The molecule has 1 aliphatic carbocycles. The summed E-state index contributed by atoms with van der Waals surface area (Å²) in [6.07, 6.45) is 3.84. The number of rotatable bonds is 6. The van der Waals surface area contributed by atoms with E-state index in [0.717, 1.165) is 0 Å². The van der Waals surface area contributed by atoms with Crippen LogP contribution in [0.4, 0.5) is 10.9 Å². The second-order valence-electron chi connectivity index (χ2n) is 9.54. The Bertz CT molecular complexity index is 1500. The number of nitriles is 1. The van der Waals surface area contributed by atoms with Crippen LogP contribution < -0.4 is 16.0 Å². The number of hydrogen-bond donors (Lipinski definition) is 2. The zero-order valence-corrected chi connectivity index (χ0v) is 22.8. The number of halogens is 1. The third-order valence-electron chi connectivity index (χ3n) is 6.12. The normalized spacial score (nSPS) is 18.8. The van der Waals surface area contributed by atoms with Gasteiger partial charge in [0.1, 0.15) is 17.4 Å². The number of hydrogen-bond acceptors (Lipinski definition) is 11. The van der Waals surface area contributed by atoms with Gasteiger partial charge in [0, 0.05) is 23.9 Å². The van der Waals surface area contributed by atoms with Crippen molar-refractivity contribution in [2.45, 2.75) is 36.9 Å². The Labute approximate surface area is 231 Å². The molecule has 10 nitrogen and oxygen atoms in total. The van der Waals surface area contributed by atoms with E-state index in [4.69, 9.17) is 21.8 Å². The van der Waals surface area contributed by atoms with E-state index in [0.29, 0.717) is 50.2 Å². The average molecular weight is 568 g/mol. The summed E-state index contributed by atoms with van der Waals surface area (Å²) in [5.41, 5.74) is 7.65. The molecule has 0 fully saturated rings. The fourth-order valence-electron chi connectivity index (χ4n) is 4.57. The molecule has 2 aliphatic rings. The number of ketones is 1. The number of nitrogens with two attached hydrogens (primary N) is 1. The Kier molecular flexibility index (Phi) is 7.00. The molecule has 0 saturated heterocycles. The van der Waals surface area contributed by atoms with Gasteiger partial charge in [0.25, 0.3) is 0 Å². The molecular formula is C25H22ClN7O3S2. The Morgan fingerprint density at radius 2 is 2.18 bits per heavy atom. The highest BCUT2D eigenvalue weighted by Crippen LogP contribution is 2.50. The van der Waals surface area contributed by atoms with Gasteiger partial charge in [-0.05, 0) is 36.1 Å². The van der Waals surface area contributed by atoms with Crippen molar-refractivity contribution in [3.05, 3.63) is 70.2 Å². The summed E-state index contributed by atoms with van der Waals surface area (Å²) < 4.78 is 6.16. The largest absolute Gasteiger partial charge is 0.468 e. The first-order valence-electron chi connectivity index (χ1n) is 11.5. The SMILES string of the molecule is CC1(C)CC(=O)C2=C(C1)N(c1nnc(SCC(=O)Nc3ccc(Cl)cn3)s1)C(N)=C(C#N)C2c1ccco1. The van der Waals surface area contributed by atoms with Crippen LogP contribution >= 0.6 is 34.7 Å². The lowest BCUT2D eigenvalue weighted by atomic mass is 9.69. The molecule has 1 unspecified atom stereocenters. The maximum Gasteiger partial charge on any atom is 0.235 e. The molecular weight excluding hydrogens is 546 g/mol. The van der Waals surface area contributed by atoms with Crippen molar-refractivity contribution >= 4 is 57.3 Å². The number of Topliss-reactive ketones (excluding diaryl/α,β-unsaturated/α-hetero) is 1. The van der Waals surface area contributed by atoms with E-state index in [1.165, 1.54) is 35.6 Å². The summed E-state index contributed by atoms with van der Waals surface area (Å²) in [5, 5.41) is 22.2. The lowest BCUT2D eigenvalue weighted by molar-refractivity contribution is -0.118. The van der Waals surface area contributed by atoms with Crippen LogP contribution in [0.1, 0.15) is 38.4 Å². The van der Waals surface area contributed by atoms with Gasteiger partial charge >= 0.3 is 0 Å². The molecule has 1 amide bonds. The summed E-state index contributed by atoms with van der Waals surface area (Å²) in [6, 6.07) is 8.90. The number of thioether (sulfide) groups is 1. The zero-order valence-electron chi connectivity index (χ0n) is 20.4. The first-order valence-corrected chi connectivity index (χ1v) is 13.7. The fraction of sp³-hybridized carbons (Fsp3) is 0.280. The molecule has 0 saturated carbocycles. The van der Waals surface area contributed by atoms with Gasteiger partial charge in [-0.25, -0.2) is 4.98 Å². The van der Waals surface area contributed by atoms with Crippen molar-refractivity contribution in [2.24, 2.45) is 11.1 Å². The second kappa shape index (κ2) is 10.2. The van der Waals surface area contributed by atoms with E-state index < -0.39 is 5.92 Å². The standard InChI is InChI=1S/C25H22ClN7O3S2/c1-25(2)8-15-21(16(34)9-25)20(17-4-3-7-36-17)14(10-27)22(28)33(15)23-31-32-24(38-23)37-12-19(35)30-18-6-5-13(26)11-29-18/h3-7,11,20H,8-9,12,28H2,1-2H3,(H,29,30,35). The first kappa shape index (κ1) is 26.0. The van der Waals surface area contributed by atoms with Crippen LogP contribution in [0, 0.1) is 16.7 Å². The molecule has 0 radical (unpaired) electrons. The molecule has 1 atom stereocenters. The number of carbonyl (C=O) groups is 2. The summed E-state index contributed by atoms with van der Waals surface area (Å²) in [5.74, 6) is 0.122. The number of nitrogens with zero attached hydrogens (tertiary/aromatic N) is 5. The Morgan fingerprint density at radius 1 is 1.37 bits per heavy atom. The lowest BCUT2D eigenvalue weighted by Gasteiger charge is -2.42. The summed E-state index contributed by atoms with van der Waals surface area (Å²) in [7, 11) is 0. The van der Waals surface area contributed by atoms with Gasteiger partial charge in [0.05, 0.1) is 34.6 Å². The summed E-state index contributed by atoms with van der Waals surface area (Å²) in [4.78, 5) is 31.5. The van der Waals surface area contributed by atoms with Gasteiger partial charge in [0.2, 0.25) is 11.0 Å². The summed E-state index contributed by atoms with van der Waals surface area (Å²) >= 11 is 8.26. The van der Waals surface area contributed by atoms with E-state index in [2.05, 4.69) is 26.6 Å². The lowest BCUT2D eigenvalue weighted by Crippen LogP contribution is -2.42. The minimum absolute atomic E-state index is 0.0607. The molecule has 3 aromatic rings. The predicted octanol–water partition coefficient (Wildman–Crippen LogP) is 4.85. The predicted molar refractivity (Wildman–Crippen MR) is 144 cm³/mol. The van der Waals surface area contributed by atoms with Crippen LogP contribution in [-0.4, -0.2) is 32.6 Å². The fourth-order valence-corrected chi connectivity index (χ4v) is 6.37. The van der Waals surface area contributed by atoms with E-state index in [1.54, 1.807) is 29.2 Å². The molecule has 5 rings (SSSR count). The van der Waals surface area contributed by atoms with E-state index >= 15 is 0 Å². The highest BCUT2D eigenvalue weighted by Gasteiger charge is 2.46. The number of nitrogens with one attached hydrogen (secondary N) is 1.